The SMILES string of the molecule is CCc1c(C(=O)Nc2ccc(Cl)cn2)cnn1-c1ccc(F)cc1. The van der Waals surface area contributed by atoms with E-state index in [1.807, 2.05) is 6.92 Å². The summed E-state index contributed by atoms with van der Waals surface area (Å²) in [7, 11) is 0. The zero-order valence-electron chi connectivity index (χ0n) is 12.8. The fraction of sp³-hybridized carbons (Fsp3) is 0.118. The van der Waals surface area contributed by atoms with Crippen LogP contribution in [0.2, 0.25) is 5.02 Å². The third kappa shape index (κ3) is 3.28. The summed E-state index contributed by atoms with van der Waals surface area (Å²) < 4.78 is 14.7. The van der Waals surface area contributed by atoms with Gasteiger partial charge in [-0.05, 0) is 42.8 Å². The predicted molar refractivity (Wildman–Crippen MR) is 90.1 cm³/mol. The minimum absolute atomic E-state index is 0.310. The molecule has 122 valence electrons. The second-order valence-electron chi connectivity index (χ2n) is 5.06. The van der Waals surface area contributed by atoms with Crippen LogP contribution < -0.4 is 5.32 Å². The zero-order valence-corrected chi connectivity index (χ0v) is 13.6. The Bertz CT molecular complexity index is 859. The lowest BCUT2D eigenvalue weighted by atomic mass is 10.2. The number of halogens is 2. The topological polar surface area (TPSA) is 59.8 Å². The van der Waals surface area contributed by atoms with Crippen LogP contribution in [0.15, 0.2) is 48.8 Å². The van der Waals surface area contributed by atoms with Gasteiger partial charge in [0.2, 0.25) is 0 Å². The number of benzene rings is 1. The standard InChI is InChI=1S/C17H14ClFN4O/c1-2-15-14(17(24)22-16-8-3-11(18)9-20-16)10-21-23(15)13-6-4-12(19)5-7-13/h3-10H,2H2,1H3,(H,20,22,24). The molecule has 0 aliphatic carbocycles. The first-order valence-corrected chi connectivity index (χ1v) is 7.72. The van der Waals surface area contributed by atoms with E-state index in [1.165, 1.54) is 24.5 Å². The minimum Gasteiger partial charge on any atom is -0.306 e. The monoisotopic (exact) mass is 344 g/mol. The van der Waals surface area contributed by atoms with Gasteiger partial charge in [0.05, 0.1) is 28.2 Å². The lowest BCUT2D eigenvalue weighted by Gasteiger charge is -2.08. The summed E-state index contributed by atoms with van der Waals surface area (Å²) in [6.07, 6.45) is 3.54. The number of hydrogen-bond donors (Lipinski definition) is 1. The number of carbonyl (C=O) groups excluding carboxylic acids is 1. The molecule has 3 rings (SSSR count). The molecule has 0 saturated heterocycles. The van der Waals surface area contributed by atoms with E-state index < -0.39 is 0 Å². The summed E-state index contributed by atoms with van der Waals surface area (Å²) in [5.74, 6) is -0.230. The van der Waals surface area contributed by atoms with Crippen molar-refractivity contribution in [3.8, 4) is 5.69 Å². The van der Waals surface area contributed by atoms with E-state index in [4.69, 9.17) is 11.6 Å². The van der Waals surface area contributed by atoms with Crippen molar-refractivity contribution in [1.29, 1.82) is 0 Å². The van der Waals surface area contributed by atoms with E-state index in [2.05, 4.69) is 15.4 Å². The summed E-state index contributed by atoms with van der Waals surface area (Å²) in [5, 5.41) is 7.46. The molecule has 5 nitrogen and oxygen atoms in total. The van der Waals surface area contributed by atoms with Crippen LogP contribution in [0.4, 0.5) is 10.2 Å². The van der Waals surface area contributed by atoms with Gasteiger partial charge < -0.3 is 5.32 Å². The maximum absolute atomic E-state index is 13.1. The number of nitrogens with zero attached hydrogens (tertiary/aromatic N) is 3. The van der Waals surface area contributed by atoms with Gasteiger partial charge in [0.15, 0.2) is 0 Å². The van der Waals surface area contributed by atoms with Gasteiger partial charge in [-0.25, -0.2) is 14.1 Å². The molecule has 0 bridgehead atoms. The molecule has 1 N–H and O–H groups in total. The molecule has 7 heteroatoms. The highest BCUT2D eigenvalue weighted by molar-refractivity contribution is 6.30. The zero-order chi connectivity index (χ0) is 17.1. The first kappa shape index (κ1) is 16.1. The van der Waals surface area contributed by atoms with Gasteiger partial charge in [-0.1, -0.05) is 18.5 Å². The van der Waals surface area contributed by atoms with Crippen LogP contribution in [0.1, 0.15) is 23.0 Å². The van der Waals surface area contributed by atoms with Crippen LogP contribution in [0.25, 0.3) is 5.69 Å². The fourth-order valence-electron chi connectivity index (χ4n) is 2.34. The van der Waals surface area contributed by atoms with Crippen molar-refractivity contribution in [2.24, 2.45) is 0 Å². The Hall–Kier alpha value is -2.73. The van der Waals surface area contributed by atoms with Crippen LogP contribution in [0, 0.1) is 5.82 Å². The fourth-order valence-corrected chi connectivity index (χ4v) is 2.45. The van der Waals surface area contributed by atoms with E-state index in [0.29, 0.717) is 28.5 Å². The molecular weight excluding hydrogens is 331 g/mol. The number of aromatic nitrogens is 3. The third-order valence-corrected chi connectivity index (χ3v) is 3.71. The van der Waals surface area contributed by atoms with Crippen molar-refractivity contribution in [1.82, 2.24) is 14.8 Å². The Morgan fingerprint density at radius 2 is 1.96 bits per heavy atom. The van der Waals surface area contributed by atoms with E-state index in [1.54, 1.807) is 28.9 Å². The molecule has 2 heterocycles. The quantitative estimate of drug-likeness (QED) is 0.781. The highest BCUT2D eigenvalue weighted by Gasteiger charge is 2.17. The van der Waals surface area contributed by atoms with E-state index >= 15 is 0 Å². The second kappa shape index (κ2) is 6.80. The first-order chi connectivity index (χ1) is 11.6. The summed E-state index contributed by atoms with van der Waals surface area (Å²) in [4.78, 5) is 16.5. The maximum atomic E-state index is 13.1. The van der Waals surface area contributed by atoms with E-state index in [-0.39, 0.29) is 11.7 Å². The molecule has 0 unspecified atom stereocenters. The predicted octanol–water partition coefficient (Wildman–Crippen LogP) is 3.87. The van der Waals surface area contributed by atoms with Crippen molar-refractivity contribution in [3.05, 3.63) is 70.9 Å². The average molecular weight is 345 g/mol. The number of hydrogen-bond acceptors (Lipinski definition) is 3. The number of nitrogens with one attached hydrogen (secondary N) is 1. The molecule has 0 radical (unpaired) electrons. The summed E-state index contributed by atoms with van der Waals surface area (Å²) in [5.41, 5.74) is 1.86. The molecule has 2 aromatic heterocycles. The van der Waals surface area contributed by atoms with Crippen LogP contribution in [0.5, 0.6) is 0 Å². The number of amides is 1. The summed E-state index contributed by atoms with van der Waals surface area (Å²) in [6, 6.07) is 9.21. The molecular formula is C17H14ClFN4O. The van der Waals surface area contributed by atoms with Gasteiger partial charge in [-0.2, -0.15) is 5.10 Å². The molecule has 0 spiro atoms. The number of pyridine rings is 1. The maximum Gasteiger partial charge on any atom is 0.260 e. The largest absolute Gasteiger partial charge is 0.306 e. The van der Waals surface area contributed by atoms with Crippen molar-refractivity contribution in [3.63, 3.8) is 0 Å². The van der Waals surface area contributed by atoms with Crippen LogP contribution in [0.3, 0.4) is 0 Å². The molecule has 0 saturated carbocycles. The van der Waals surface area contributed by atoms with Crippen molar-refractivity contribution < 1.29 is 9.18 Å². The Morgan fingerprint density at radius 3 is 2.58 bits per heavy atom. The van der Waals surface area contributed by atoms with Crippen LogP contribution >= 0.6 is 11.6 Å². The second-order valence-corrected chi connectivity index (χ2v) is 5.50. The smallest absolute Gasteiger partial charge is 0.260 e. The van der Waals surface area contributed by atoms with Gasteiger partial charge >= 0.3 is 0 Å². The Labute approximate surface area is 143 Å². The van der Waals surface area contributed by atoms with Crippen LogP contribution in [-0.4, -0.2) is 20.7 Å². The van der Waals surface area contributed by atoms with Gasteiger partial charge in [-0.3, -0.25) is 4.79 Å². The van der Waals surface area contributed by atoms with Crippen molar-refractivity contribution >= 4 is 23.3 Å². The molecule has 0 aliphatic heterocycles. The van der Waals surface area contributed by atoms with Crippen molar-refractivity contribution in [2.75, 3.05) is 5.32 Å². The van der Waals surface area contributed by atoms with E-state index in [0.717, 1.165) is 5.69 Å². The third-order valence-electron chi connectivity index (χ3n) is 3.49. The molecule has 0 fully saturated rings. The first-order valence-electron chi connectivity index (χ1n) is 7.34. The molecule has 1 amide bonds. The average Bonchev–Trinajstić information content (AvgIpc) is 3.01. The lowest BCUT2D eigenvalue weighted by Crippen LogP contribution is -2.15. The highest BCUT2D eigenvalue weighted by atomic mass is 35.5. The van der Waals surface area contributed by atoms with Gasteiger partial charge in [0.25, 0.3) is 5.91 Å². The van der Waals surface area contributed by atoms with Gasteiger partial charge in [-0.15, -0.1) is 0 Å². The lowest BCUT2D eigenvalue weighted by molar-refractivity contribution is 0.102. The van der Waals surface area contributed by atoms with Gasteiger partial charge in [0.1, 0.15) is 11.6 Å². The molecule has 0 atom stereocenters. The number of rotatable bonds is 4. The van der Waals surface area contributed by atoms with Crippen LogP contribution in [-0.2, 0) is 6.42 Å². The Balaban J connectivity index is 1.89. The van der Waals surface area contributed by atoms with Gasteiger partial charge in [0, 0.05) is 6.20 Å². The molecule has 1 aromatic carbocycles. The molecule has 24 heavy (non-hydrogen) atoms. The normalized spacial score (nSPS) is 10.6. The Morgan fingerprint density at radius 1 is 1.21 bits per heavy atom. The van der Waals surface area contributed by atoms with E-state index in [9.17, 15) is 9.18 Å². The summed E-state index contributed by atoms with van der Waals surface area (Å²) in [6.45, 7) is 1.92. The highest BCUT2D eigenvalue weighted by Crippen LogP contribution is 2.18. The number of carbonyl (C=O) groups is 1. The summed E-state index contributed by atoms with van der Waals surface area (Å²) >= 11 is 5.78. The number of anilines is 1. The minimum atomic E-state index is -0.323. The molecule has 0 aliphatic rings. The van der Waals surface area contributed by atoms with Crippen molar-refractivity contribution in [2.45, 2.75) is 13.3 Å². The molecule has 3 aromatic rings. The Kier molecular flexibility index (Phi) is 4.57.